The molecule has 5 nitrogen and oxygen atoms in total. The molecular formula is C23H30N4OS. The van der Waals surface area contributed by atoms with Crippen LogP contribution < -0.4 is 5.32 Å². The van der Waals surface area contributed by atoms with Gasteiger partial charge in [0.05, 0.1) is 11.8 Å². The number of nitrogens with zero attached hydrogens (tertiary/aromatic N) is 3. The Balaban J connectivity index is 1.26. The second-order valence-electron chi connectivity index (χ2n) is 9.55. The summed E-state index contributed by atoms with van der Waals surface area (Å²) in [6.45, 7) is 4.70. The van der Waals surface area contributed by atoms with Crippen molar-refractivity contribution in [1.82, 2.24) is 20.1 Å². The first kappa shape index (κ1) is 19.2. The fraction of sp³-hybridized carbons (Fsp3) is 0.609. The van der Waals surface area contributed by atoms with Crippen LogP contribution in [0.3, 0.4) is 0 Å². The highest BCUT2D eigenvalue weighted by molar-refractivity contribution is 8.00. The predicted molar refractivity (Wildman–Crippen MR) is 115 cm³/mol. The average molecular weight is 411 g/mol. The molecule has 0 spiro atoms. The highest BCUT2D eigenvalue weighted by Crippen LogP contribution is 2.55. The number of benzene rings is 1. The Morgan fingerprint density at radius 3 is 2.38 bits per heavy atom. The van der Waals surface area contributed by atoms with Crippen molar-refractivity contribution < 1.29 is 4.79 Å². The molecule has 4 aliphatic carbocycles. The Labute approximate surface area is 177 Å². The van der Waals surface area contributed by atoms with Gasteiger partial charge in [-0.3, -0.25) is 4.79 Å². The molecule has 0 radical (unpaired) electrons. The molecule has 2 aromatic rings. The lowest BCUT2D eigenvalue weighted by atomic mass is 9.53. The summed E-state index contributed by atoms with van der Waals surface area (Å²) in [5, 5.41) is 12.8. The molecule has 1 amide bonds. The highest BCUT2D eigenvalue weighted by Gasteiger charge is 2.51. The number of amides is 1. The summed E-state index contributed by atoms with van der Waals surface area (Å²) in [7, 11) is 0. The maximum atomic E-state index is 13.1. The van der Waals surface area contributed by atoms with Crippen LogP contribution in [0.1, 0.15) is 56.8 Å². The minimum Gasteiger partial charge on any atom is -0.350 e. The van der Waals surface area contributed by atoms with E-state index in [0.717, 1.165) is 35.3 Å². The summed E-state index contributed by atoms with van der Waals surface area (Å²) in [4.78, 5) is 13.1. The number of carbonyl (C=O) groups excluding carboxylic acids is 1. The van der Waals surface area contributed by atoms with Crippen LogP contribution in [0.5, 0.6) is 0 Å². The van der Waals surface area contributed by atoms with E-state index >= 15 is 0 Å². The van der Waals surface area contributed by atoms with E-state index < -0.39 is 0 Å². The zero-order chi connectivity index (χ0) is 20.0. The average Bonchev–Trinajstić information content (AvgIpc) is 3.01. The van der Waals surface area contributed by atoms with E-state index in [9.17, 15) is 4.79 Å². The van der Waals surface area contributed by atoms with Crippen molar-refractivity contribution in [2.24, 2.45) is 17.8 Å². The third kappa shape index (κ3) is 3.83. The van der Waals surface area contributed by atoms with Gasteiger partial charge in [0.15, 0.2) is 5.16 Å². The van der Waals surface area contributed by atoms with Gasteiger partial charge in [-0.2, -0.15) is 0 Å². The van der Waals surface area contributed by atoms with Crippen LogP contribution in [0.25, 0.3) is 0 Å². The van der Waals surface area contributed by atoms with Crippen LogP contribution in [0.2, 0.25) is 0 Å². The fourth-order valence-corrected chi connectivity index (χ4v) is 7.13. The standard InChI is InChI=1S/C23H30N4OS/c1-15(21(28)24-23-11-18-8-19(12-23)10-20(9-18)13-23)29-22-26-25-16(2)27(22)14-17-6-4-3-5-7-17/h3-7,15,18-20H,8-14H2,1-2H3,(H,24,28). The summed E-state index contributed by atoms with van der Waals surface area (Å²) in [6.07, 6.45) is 7.73. The van der Waals surface area contributed by atoms with Crippen molar-refractivity contribution in [2.75, 3.05) is 0 Å². The van der Waals surface area contributed by atoms with Crippen molar-refractivity contribution >= 4 is 17.7 Å². The number of thioether (sulfide) groups is 1. The SMILES string of the molecule is Cc1nnc(SC(C)C(=O)NC23CC4CC(CC(C4)C2)C3)n1Cc1ccccc1. The number of hydrogen-bond donors (Lipinski definition) is 1. The summed E-state index contributed by atoms with van der Waals surface area (Å²) >= 11 is 1.52. The molecule has 154 valence electrons. The Morgan fingerprint density at radius 2 is 1.76 bits per heavy atom. The molecule has 1 aromatic carbocycles. The lowest BCUT2D eigenvalue weighted by Crippen LogP contribution is -2.60. The number of carbonyl (C=O) groups is 1. The van der Waals surface area contributed by atoms with Crippen molar-refractivity contribution in [3.63, 3.8) is 0 Å². The first-order valence-electron chi connectivity index (χ1n) is 10.9. The maximum absolute atomic E-state index is 13.1. The third-order valence-electron chi connectivity index (χ3n) is 7.16. The smallest absolute Gasteiger partial charge is 0.233 e. The van der Waals surface area contributed by atoms with E-state index in [1.165, 1.54) is 55.9 Å². The van der Waals surface area contributed by atoms with E-state index in [1.807, 2.05) is 32.0 Å². The summed E-state index contributed by atoms with van der Waals surface area (Å²) in [5.41, 5.74) is 1.27. The van der Waals surface area contributed by atoms with E-state index in [-0.39, 0.29) is 16.7 Å². The molecule has 1 unspecified atom stereocenters. The molecule has 4 bridgehead atoms. The van der Waals surface area contributed by atoms with E-state index in [2.05, 4.69) is 32.2 Å². The molecule has 4 fully saturated rings. The molecule has 29 heavy (non-hydrogen) atoms. The van der Waals surface area contributed by atoms with E-state index in [1.54, 1.807) is 0 Å². The Bertz CT molecular complexity index is 858. The molecule has 6 rings (SSSR count). The van der Waals surface area contributed by atoms with Gasteiger partial charge in [-0.05, 0) is 75.7 Å². The number of aromatic nitrogens is 3. The molecule has 4 saturated carbocycles. The Kier molecular flexibility index (Phi) is 4.93. The van der Waals surface area contributed by atoms with Gasteiger partial charge in [-0.15, -0.1) is 10.2 Å². The Hall–Kier alpha value is -1.82. The monoisotopic (exact) mass is 410 g/mol. The van der Waals surface area contributed by atoms with Gasteiger partial charge >= 0.3 is 0 Å². The number of nitrogens with one attached hydrogen (secondary N) is 1. The molecule has 0 aliphatic heterocycles. The zero-order valence-corrected chi connectivity index (χ0v) is 18.1. The molecule has 1 aromatic heterocycles. The van der Waals surface area contributed by atoms with Crippen LogP contribution in [-0.2, 0) is 11.3 Å². The highest BCUT2D eigenvalue weighted by atomic mass is 32.2. The minimum absolute atomic E-state index is 0.0638. The lowest BCUT2D eigenvalue weighted by Gasteiger charge is -2.57. The number of rotatable bonds is 6. The zero-order valence-electron chi connectivity index (χ0n) is 17.3. The van der Waals surface area contributed by atoms with Crippen LogP contribution in [0, 0.1) is 24.7 Å². The van der Waals surface area contributed by atoms with Crippen LogP contribution >= 0.6 is 11.8 Å². The minimum atomic E-state index is -0.180. The molecular weight excluding hydrogens is 380 g/mol. The first-order chi connectivity index (χ1) is 14.0. The number of hydrogen-bond acceptors (Lipinski definition) is 4. The van der Waals surface area contributed by atoms with Crippen molar-refractivity contribution in [3.05, 3.63) is 41.7 Å². The van der Waals surface area contributed by atoms with Gasteiger partial charge in [-0.25, -0.2) is 0 Å². The molecule has 6 heteroatoms. The van der Waals surface area contributed by atoms with Crippen molar-refractivity contribution in [2.45, 2.75) is 74.9 Å². The second kappa shape index (κ2) is 7.46. The Morgan fingerprint density at radius 1 is 1.14 bits per heavy atom. The first-order valence-corrected chi connectivity index (χ1v) is 11.8. The summed E-state index contributed by atoms with van der Waals surface area (Å²) in [5.74, 6) is 3.54. The van der Waals surface area contributed by atoms with Gasteiger partial charge in [0.1, 0.15) is 5.82 Å². The van der Waals surface area contributed by atoms with Gasteiger partial charge in [0, 0.05) is 5.54 Å². The quantitative estimate of drug-likeness (QED) is 0.725. The largest absolute Gasteiger partial charge is 0.350 e. The van der Waals surface area contributed by atoms with Crippen LogP contribution in [0.15, 0.2) is 35.5 Å². The molecule has 1 heterocycles. The van der Waals surface area contributed by atoms with Gasteiger partial charge in [0.25, 0.3) is 0 Å². The fourth-order valence-electron chi connectivity index (χ4n) is 6.24. The van der Waals surface area contributed by atoms with Crippen molar-refractivity contribution in [3.8, 4) is 0 Å². The predicted octanol–water partition coefficient (Wildman–Crippen LogP) is 4.20. The van der Waals surface area contributed by atoms with E-state index in [4.69, 9.17) is 0 Å². The summed E-state index contributed by atoms with van der Waals surface area (Å²) in [6, 6.07) is 10.3. The van der Waals surface area contributed by atoms with Crippen molar-refractivity contribution in [1.29, 1.82) is 0 Å². The molecule has 1 atom stereocenters. The molecule has 0 saturated heterocycles. The molecule has 1 N–H and O–H groups in total. The van der Waals surface area contributed by atoms with Gasteiger partial charge in [-0.1, -0.05) is 42.1 Å². The lowest BCUT2D eigenvalue weighted by molar-refractivity contribution is -0.126. The number of aryl methyl sites for hydroxylation is 1. The topological polar surface area (TPSA) is 59.8 Å². The van der Waals surface area contributed by atoms with Gasteiger partial charge in [0.2, 0.25) is 5.91 Å². The van der Waals surface area contributed by atoms with Crippen LogP contribution in [-0.4, -0.2) is 31.5 Å². The normalized spacial score (nSPS) is 31.0. The third-order valence-corrected chi connectivity index (χ3v) is 8.24. The van der Waals surface area contributed by atoms with E-state index in [0.29, 0.717) is 0 Å². The maximum Gasteiger partial charge on any atom is 0.233 e. The molecule has 4 aliphatic rings. The second-order valence-corrected chi connectivity index (χ2v) is 10.9. The van der Waals surface area contributed by atoms with Gasteiger partial charge < -0.3 is 9.88 Å². The van der Waals surface area contributed by atoms with Crippen LogP contribution in [0.4, 0.5) is 0 Å². The summed E-state index contributed by atoms with van der Waals surface area (Å²) < 4.78 is 2.11.